The quantitative estimate of drug-likeness (QED) is 0.660. The summed E-state index contributed by atoms with van der Waals surface area (Å²) in [6, 6.07) is 3.18. The predicted octanol–water partition coefficient (Wildman–Crippen LogP) is 4.46. The SMILES string of the molecule is Fc1cc2scc(Cl)c2cc1Br. The highest BCUT2D eigenvalue weighted by Gasteiger charge is 2.06. The second-order valence-electron chi connectivity index (χ2n) is 2.35. The molecule has 0 nitrogen and oxygen atoms in total. The molecule has 2 rings (SSSR count). The van der Waals surface area contributed by atoms with Crippen LogP contribution in [0.1, 0.15) is 0 Å². The molecule has 0 aliphatic rings. The minimum absolute atomic E-state index is 0.249. The molecule has 12 heavy (non-hydrogen) atoms. The van der Waals surface area contributed by atoms with Gasteiger partial charge in [0.25, 0.3) is 0 Å². The fourth-order valence-electron chi connectivity index (χ4n) is 0.991. The summed E-state index contributed by atoms with van der Waals surface area (Å²) in [5, 5.41) is 3.38. The zero-order valence-electron chi connectivity index (χ0n) is 5.77. The Hall–Kier alpha value is -0.120. The average Bonchev–Trinajstić information content (AvgIpc) is 2.35. The Morgan fingerprint density at radius 2 is 2.17 bits per heavy atom. The van der Waals surface area contributed by atoms with Gasteiger partial charge in [0.2, 0.25) is 0 Å². The molecule has 0 unspecified atom stereocenters. The maximum Gasteiger partial charge on any atom is 0.138 e. The Morgan fingerprint density at radius 1 is 1.42 bits per heavy atom. The summed E-state index contributed by atoms with van der Waals surface area (Å²) in [7, 11) is 0. The Bertz CT molecular complexity index is 438. The normalized spacial score (nSPS) is 10.9. The summed E-state index contributed by atoms with van der Waals surface area (Å²) in [6.45, 7) is 0. The van der Waals surface area contributed by atoms with E-state index in [4.69, 9.17) is 11.6 Å². The highest BCUT2D eigenvalue weighted by atomic mass is 79.9. The second-order valence-corrected chi connectivity index (χ2v) is 4.52. The summed E-state index contributed by atoms with van der Waals surface area (Å²) in [5.41, 5.74) is 0. The van der Waals surface area contributed by atoms with Gasteiger partial charge < -0.3 is 0 Å². The number of benzene rings is 1. The molecule has 0 saturated carbocycles. The van der Waals surface area contributed by atoms with E-state index in [9.17, 15) is 4.39 Å². The molecule has 1 aromatic carbocycles. The number of hydrogen-bond donors (Lipinski definition) is 0. The topological polar surface area (TPSA) is 0 Å². The van der Waals surface area contributed by atoms with Crippen molar-refractivity contribution in [2.24, 2.45) is 0 Å². The van der Waals surface area contributed by atoms with Gasteiger partial charge in [-0.3, -0.25) is 0 Å². The van der Waals surface area contributed by atoms with Gasteiger partial charge in [-0.15, -0.1) is 11.3 Å². The van der Waals surface area contributed by atoms with Crippen molar-refractivity contribution in [2.45, 2.75) is 0 Å². The van der Waals surface area contributed by atoms with Crippen LogP contribution in [0.15, 0.2) is 22.0 Å². The highest BCUT2D eigenvalue weighted by molar-refractivity contribution is 9.10. The van der Waals surface area contributed by atoms with E-state index in [1.165, 1.54) is 17.4 Å². The molecule has 0 aliphatic heterocycles. The molecular formula is C8H3BrClFS. The van der Waals surface area contributed by atoms with Crippen molar-refractivity contribution in [3.05, 3.63) is 32.8 Å². The molecule has 0 spiro atoms. The van der Waals surface area contributed by atoms with Crippen LogP contribution >= 0.6 is 38.9 Å². The average molecular weight is 266 g/mol. The largest absolute Gasteiger partial charge is 0.206 e. The van der Waals surface area contributed by atoms with E-state index in [-0.39, 0.29) is 5.82 Å². The lowest BCUT2D eigenvalue weighted by molar-refractivity contribution is 0.623. The van der Waals surface area contributed by atoms with Crippen molar-refractivity contribution >= 4 is 49.0 Å². The van der Waals surface area contributed by atoms with Crippen LogP contribution in [0.2, 0.25) is 5.02 Å². The van der Waals surface area contributed by atoms with Crippen molar-refractivity contribution in [1.29, 1.82) is 0 Å². The molecular weight excluding hydrogens is 263 g/mol. The van der Waals surface area contributed by atoms with Gasteiger partial charge in [0, 0.05) is 15.5 Å². The molecule has 1 aromatic heterocycles. The summed E-state index contributed by atoms with van der Waals surface area (Å²) in [5.74, 6) is -0.249. The molecule has 62 valence electrons. The van der Waals surface area contributed by atoms with Gasteiger partial charge in [-0.05, 0) is 28.1 Å². The first-order chi connectivity index (χ1) is 5.68. The Labute approximate surface area is 86.1 Å². The summed E-state index contributed by atoms with van der Waals surface area (Å²) in [4.78, 5) is 0. The molecule has 1 heterocycles. The third-order valence-electron chi connectivity index (χ3n) is 1.57. The van der Waals surface area contributed by atoms with E-state index < -0.39 is 0 Å². The Morgan fingerprint density at radius 3 is 2.92 bits per heavy atom. The minimum atomic E-state index is -0.249. The van der Waals surface area contributed by atoms with Crippen molar-refractivity contribution in [3.8, 4) is 0 Å². The molecule has 2 aromatic rings. The molecule has 0 bridgehead atoms. The highest BCUT2D eigenvalue weighted by Crippen LogP contribution is 2.33. The molecule has 0 N–H and O–H groups in total. The number of thiophene rings is 1. The smallest absolute Gasteiger partial charge is 0.138 e. The van der Waals surface area contributed by atoms with E-state index in [0.29, 0.717) is 9.50 Å². The van der Waals surface area contributed by atoms with Crippen LogP contribution < -0.4 is 0 Å². The molecule has 0 saturated heterocycles. The van der Waals surface area contributed by atoms with Crippen LogP contribution in [-0.2, 0) is 0 Å². The fourth-order valence-corrected chi connectivity index (χ4v) is 2.51. The summed E-state index contributed by atoms with van der Waals surface area (Å²) < 4.78 is 14.3. The van der Waals surface area contributed by atoms with Crippen molar-refractivity contribution in [3.63, 3.8) is 0 Å². The van der Waals surface area contributed by atoms with E-state index in [1.807, 2.05) is 0 Å². The number of halogens is 3. The van der Waals surface area contributed by atoms with Crippen LogP contribution in [0.4, 0.5) is 4.39 Å². The number of hydrogen-bond acceptors (Lipinski definition) is 1. The van der Waals surface area contributed by atoms with Crippen LogP contribution in [0.25, 0.3) is 10.1 Å². The molecule has 0 radical (unpaired) electrons. The first kappa shape index (κ1) is 8.48. The van der Waals surface area contributed by atoms with Crippen molar-refractivity contribution in [2.75, 3.05) is 0 Å². The Balaban J connectivity index is 2.87. The zero-order valence-corrected chi connectivity index (χ0v) is 8.93. The lowest BCUT2D eigenvalue weighted by Crippen LogP contribution is -1.74. The fraction of sp³-hybridized carbons (Fsp3) is 0. The summed E-state index contributed by atoms with van der Waals surface area (Å²) >= 11 is 10.4. The van der Waals surface area contributed by atoms with E-state index in [1.54, 1.807) is 11.4 Å². The van der Waals surface area contributed by atoms with Gasteiger partial charge >= 0.3 is 0 Å². The van der Waals surface area contributed by atoms with Gasteiger partial charge in [0.15, 0.2) is 0 Å². The number of fused-ring (bicyclic) bond motifs is 1. The number of rotatable bonds is 0. The molecule has 0 amide bonds. The van der Waals surface area contributed by atoms with Gasteiger partial charge in [-0.1, -0.05) is 11.6 Å². The van der Waals surface area contributed by atoms with Crippen molar-refractivity contribution in [1.82, 2.24) is 0 Å². The van der Waals surface area contributed by atoms with Gasteiger partial charge in [-0.2, -0.15) is 0 Å². The molecule has 0 aliphatic carbocycles. The van der Waals surface area contributed by atoms with Gasteiger partial charge in [0.05, 0.1) is 9.50 Å². The van der Waals surface area contributed by atoms with Gasteiger partial charge in [-0.25, -0.2) is 4.39 Å². The van der Waals surface area contributed by atoms with E-state index in [0.717, 1.165) is 10.1 Å². The van der Waals surface area contributed by atoms with E-state index >= 15 is 0 Å². The van der Waals surface area contributed by atoms with Gasteiger partial charge in [0.1, 0.15) is 5.82 Å². The van der Waals surface area contributed by atoms with E-state index in [2.05, 4.69) is 15.9 Å². The lowest BCUT2D eigenvalue weighted by Gasteiger charge is -1.94. The molecule has 0 atom stereocenters. The monoisotopic (exact) mass is 264 g/mol. The Kier molecular flexibility index (Phi) is 2.10. The summed E-state index contributed by atoms with van der Waals surface area (Å²) in [6.07, 6.45) is 0. The van der Waals surface area contributed by atoms with Crippen LogP contribution in [0, 0.1) is 5.82 Å². The first-order valence-corrected chi connectivity index (χ1v) is 5.25. The lowest BCUT2D eigenvalue weighted by atomic mass is 10.2. The first-order valence-electron chi connectivity index (χ1n) is 3.20. The van der Waals surface area contributed by atoms with Crippen LogP contribution in [-0.4, -0.2) is 0 Å². The predicted molar refractivity (Wildman–Crippen MR) is 54.5 cm³/mol. The maximum absolute atomic E-state index is 13.0. The van der Waals surface area contributed by atoms with Crippen LogP contribution in [0.3, 0.4) is 0 Å². The van der Waals surface area contributed by atoms with Crippen LogP contribution in [0.5, 0.6) is 0 Å². The standard InChI is InChI=1S/C8H3BrClFS/c9-5-1-4-6(10)3-12-8(4)2-7(5)11/h1-3H. The second kappa shape index (κ2) is 2.98. The zero-order chi connectivity index (χ0) is 8.72. The minimum Gasteiger partial charge on any atom is -0.206 e. The third-order valence-corrected chi connectivity index (χ3v) is 3.56. The maximum atomic E-state index is 13.0. The molecule has 0 fully saturated rings. The molecule has 4 heteroatoms. The van der Waals surface area contributed by atoms with Crippen molar-refractivity contribution < 1.29 is 4.39 Å². The third kappa shape index (κ3) is 1.26.